The Morgan fingerprint density at radius 2 is 1.96 bits per heavy atom. The molecule has 0 saturated carbocycles. The fourth-order valence-electron chi connectivity index (χ4n) is 3.82. The van der Waals surface area contributed by atoms with Crippen LogP contribution in [0.4, 0.5) is 5.69 Å². The van der Waals surface area contributed by atoms with Crippen molar-refractivity contribution in [3.63, 3.8) is 0 Å². The summed E-state index contributed by atoms with van der Waals surface area (Å²) in [6, 6.07) is 7.45. The monoisotopic (exact) mass is 352 g/mol. The summed E-state index contributed by atoms with van der Waals surface area (Å²) in [5.74, 6) is 0.735. The third-order valence-corrected chi connectivity index (χ3v) is 5.29. The normalized spacial score (nSPS) is 20.0. The number of aromatic nitrogens is 2. The zero-order chi connectivity index (χ0) is 18.1. The van der Waals surface area contributed by atoms with Gasteiger partial charge in [-0.15, -0.1) is 0 Å². The molecular formula is C20H24N4O2. The van der Waals surface area contributed by atoms with Crippen molar-refractivity contribution in [2.24, 2.45) is 0 Å². The lowest BCUT2D eigenvalue weighted by Crippen LogP contribution is -2.52. The summed E-state index contributed by atoms with van der Waals surface area (Å²) in [6.45, 7) is 3.54. The number of anilines is 1. The molecule has 3 heterocycles. The zero-order valence-electron chi connectivity index (χ0n) is 15.1. The van der Waals surface area contributed by atoms with E-state index in [1.165, 1.54) is 0 Å². The van der Waals surface area contributed by atoms with Gasteiger partial charge in [0.25, 0.3) is 5.91 Å². The van der Waals surface area contributed by atoms with Gasteiger partial charge in [-0.3, -0.25) is 9.59 Å². The van der Waals surface area contributed by atoms with E-state index in [0.29, 0.717) is 18.7 Å². The van der Waals surface area contributed by atoms with E-state index in [9.17, 15) is 9.59 Å². The summed E-state index contributed by atoms with van der Waals surface area (Å²) < 4.78 is 1.99. The van der Waals surface area contributed by atoms with Crippen LogP contribution in [0.25, 0.3) is 0 Å². The van der Waals surface area contributed by atoms with Gasteiger partial charge < -0.3 is 14.8 Å². The fraction of sp³-hybridized carbons (Fsp3) is 0.450. The standard InChI is InChI=1S/C20H24N4O2/c1-14-7-9-15(10-8-14)23-12-4-5-16(20(23)26)22-19(25)17-13-21-18-6-2-3-11-24(17)18/h7-10,13,16H,2-6,11-12H2,1H3,(H,22,25). The Hall–Kier alpha value is -2.63. The molecule has 0 bridgehead atoms. The Balaban J connectivity index is 1.49. The van der Waals surface area contributed by atoms with Gasteiger partial charge in [-0.2, -0.15) is 0 Å². The first-order valence-corrected chi connectivity index (χ1v) is 9.37. The van der Waals surface area contributed by atoms with Crippen LogP contribution in [0.5, 0.6) is 0 Å². The second-order valence-electron chi connectivity index (χ2n) is 7.16. The molecule has 2 aliphatic heterocycles. The van der Waals surface area contributed by atoms with Gasteiger partial charge in [-0.1, -0.05) is 17.7 Å². The van der Waals surface area contributed by atoms with Crippen LogP contribution in [-0.4, -0.2) is 34.0 Å². The predicted molar refractivity (Wildman–Crippen MR) is 99.2 cm³/mol. The number of amides is 2. The third-order valence-electron chi connectivity index (χ3n) is 5.29. The number of imidazole rings is 1. The highest BCUT2D eigenvalue weighted by Gasteiger charge is 2.32. The van der Waals surface area contributed by atoms with Crippen LogP contribution in [0, 0.1) is 6.92 Å². The van der Waals surface area contributed by atoms with Crippen molar-refractivity contribution in [1.29, 1.82) is 0 Å². The molecule has 0 aliphatic carbocycles. The van der Waals surface area contributed by atoms with E-state index in [2.05, 4.69) is 10.3 Å². The Kier molecular flexibility index (Phi) is 4.49. The number of nitrogens with one attached hydrogen (secondary N) is 1. The van der Waals surface area contributed by atoms with Crippen molar-refractivity contribution in [1.82, 2.24) is 14.9 Å². The molecular weight excluding hydrogens is 328 g/mol. The van der Waals surface area contributed by atoms with Crippen LogP contribution < -0.4 is 10.2 Å². The van der Waals surface area contributed by atoms with Gasteiger partial charge in [0.1, 0.15) is 17.6 Å². The number of nitrogens with zero attached hydrogens (tertiary/aromatic N) is 3. The number of hydrogen-bond donors (Lipinski definition) is 1. The molecule has 1 aromatic carbocycles. The largest absolute Gasteiger partial charge is 0.339 e. The van der Waals surface area contributed by atoms with E-state index in [1.807, 2.05) is 35.8 Å². The maximum Gasteiger partial charge on any atom is 0.270 e. The number of carbonyl (C=O) groups is 2. The van der Waals surface area contributed by atoms with E-state index in [-0.39, 0.29) is 11.8 Å². The number of carbonyl (C=O) groups excluding carboxylic acids is 2. The maximum absolute atomic E-state index is 12.9. The molecule has 0 spiro atoms. The number of rotatable bonds is 3. The molecule has 2 amide bonds. The minimum Gasteiger partial charge on any atom is -0.339 e. The molecule has 1 saturated heterocycles. The third kappa shape index (κ3) is 3.11. The Morgan fingerprint density at radius 3 is 2.77 bits per heavy atom. The summed E-state index contributed by atoms with van der Waals surface area (Å²) >= 11 is 0. The Bertz CT molecular complexity index is 825. The minimum atomic E-state index is -0.479. The van der Waals surface area contributed by atoms with Crippen LogP contribution in [0.1, 0.15) is 47.6 Å². The van der Waals surface area contributed by atoms with Gasteiger partial charge in [0.05, 0.1) is 6.20 Å². The van der Waals surface area contributed by atoms with Crippen LogP contribution in [-0.2, 0) is 17.8 Å². The Labute approximate surface area is 153 Å². The van der Waals surface area contributed by atoms with Crippen LogP contribution in [0.15, 0.2) is 30.5 Å². The van der Waals surface area contributed by atoms with Crippen LogP contribution in [0.3, 0.4) is 0 Å². The lowest BCUT2D eigenvalue weighted by atomic mass is 10.0. The molecule has 6 nitrogen and oxygen atoms in total. The van der Waals surface area contributed by atoms with Gasteiger partial charge >= 0.3 is 0 Å². The van der Waals surface area contributed by atoms with Gasteiger partial charge in [-0.25, -0.2) is 4.98 Å². The molecule has 2 aromatic rings. The first-order chi connectivity index (χ1) is 12.6. The second-order valence-corrected chi connectivity index (χ2v) is 7.16. The van der Waals surface area contributed by atoms with Crippen LogP contribution in [0.2, 0.25) is 0 Å². The minimum absolute atomic E-state index is 0.0353. The molecule has 1 fully saturated rings. The maximum atomic E-state index is 12.9. The van der Waals surface area contributed by atoms with E-state index >= 15 is 0 Å². The van der Waals surface area contributed by atoms with Crippen LogP contribution >= 0.6 is 0 Å². The number of fused-ring (bicyclic) bond motifs is 1. The van der Waals surface area contributed by atoms with Gasteiger partial charge in [0.15, 0.2) is 0 Å². The summed E-state index contributed by atoms with van der Waals surface area (Å²) in [5.41, 5.74) is 2.62. The van der Waals surface area contributed by atoms with Gasteiger partial charge in [0, 0.05) is 25.2 Å². The molecule has 1 aromatic heterocycles. The highest BCUT2D eigenvalue weighted by atomic mass is 16.2. The molecule has 1 unspecified atom stereocenters. The lowest BCUT2D eigenvalue weighted by molar-refractivity contribution is -0.121. The van der Waals surface area contributed by atoms with Crippen molar-refractivity contribution < 1.29 is 9.59 Å². The van der Waals surface area contributed by atoms with Crippen molar-refractivity contribution in [2.45, 2.75) is 51.6 Å². The van der Waals surface area contributed by atoms with Crippen molar-refractivity contribution in [3.05, 3.63) is 47.5 Å². The number of aryl methyl sites for hydroxylation is 2. The average molecular weight is 352 g/mol. The molecule has 6 heteroatoms. The summed E-state index contributed by atoms with van der Waals surface area (Å²) in [6.07, 6.45) is 6.28. The summed E-state index contributed by atoms with van der Waals surface area (Å²) in [7, 11) is 0. The summed E-state index contributed by atoms with van der Waals surface area (Å²) in [4.78, 5) is 31.8. The highest BCUT2D eigenvalue weighted by Crippen LogP contribution is 2.22. The molecule has 136 valence electrons. The first kappa shape index (κ1) is 16.8. The van der Waals surface area contributed by atoms with E-state index in [1.54, 1.807) is 11.1 Å². The van der Waals surface area contributed by atoms with Gasteiger partial charge in [0.2, 0.25) is 5.91 Å². The number of hydrogen-bond acceptors (Lipinski definition) is 3. The SMILES string of the molecule is Cc1ccc(N2CCCC(NC(=O)c3cnc4n3CCCC4)C2=O)cc1. The highest BCUT2D eigenvalue weighted by molar-refractivity contribution is 6.02. The lowest BCUT2D eigenvalue weighted by Gasteiger charge is -2.32. The van der Waals surface area contributed by atoms with Crippen molar-refractivity contribution in [2.75, 3.05) is 11.4 Å². The fourth-order valence-corrected chi connectivity index (χ4v) is 3.82. The van der Waals surface area contributed by atoms with E-state index in [0.717, 1.165) is 49.3 Å². The van der Waals surface area contributed by atoms with Crippen molar-refractivity contribution >= 4 is 17.5 Å². The quantitative estimate of drug-likeness (QED) is 0.923. The van der Waals surface area contributed by atoms with E-state index in [4.69, 9.17) is 0 Å². The van der Waals surface area contributed by atoms with Crippen molar-refractivity contribution in [3.8, 4) is 0 Å². The topological polar surface area (TPSA) is 67.2 Å². The molecule has 1 N–H and O–H groups in total. The zero-order valence-corrected chi connectivity index (χ0v) is 15.1. The molecule has 1 atom stereocenters. The first-order valence-electron chi connectivity index (χ1n) is 9.37. The number of piperidine rings is 1. The smallest absolute Gasteiger partial charge is 0.270 e. The second kappa shape index (κ2) is 6.94. The molecule has 0 radical (unpaired) electrons. The molecule has 2 aliphatic rings. The Morgan fingerprint density at radius 1 is 1.15 bits per heavy atom. The molecule has 26 heavy (non-hydrogen) atoms. The van der Waals surface area contributed by atoms with Gasteiger partial charge in [-0.05, 0) is 44.7 Å². The average Bonchev–Trinajstić information content (AvgIpc) is 3.08. The number of benzene rings is 1. The molecule has 4 rings (SSSR count). The predicted octanol–water partition coefficient (Wildman–Crippen LogP) is 2.45. The summed E-state index contributed by atoms with van der Waals surface area (Å²) in [5, 5.41) is 2.94. The van der Waals surface area contributed by atoms with E-state index < -0.39 is 6.04 Å².